The van der Waals surface area contributed by atoms with Crippen molar-refractivity contribution >= 4 is 55.8 Å². The van der Waals surface area contributed by atoms with E-state index in [9.17, 15) is 13.2 Å². The van der Waals surface area contributed by atoms with Gasteiger partial charge in [0.2, 0.25) is 21.5 Å². The maximum absolute atomic E-state index is 13.0. The Morgan fingerprint density at radius 1 is 1.03 bits per heavy atom. The molecule has 34 heavy (non-hydrogen) atoms. The zero-order valence-corrected chi connectivity index (χ0v) is 21.3. The summed E-state index contributed by atoms with van der Waals surface area (Å²) in [5, 5.41) is 1.46. The minimum Gasteiger partial charge on any atom is -0.432 e. The number of anilines is 1. The molecule has 0 bridgehead atoms. The molecule has 0 spiro atoms. The molecule has 176 valence electrons. The number of furan rings is 1. The fourth-order valence-corrected chi connectivity index (χ4v) is 4.49. The van der Waals surface area contributed by atoms with Crippen LogP contribution in [0.2, 0.25) is 10.0 Å². The third-order valence-electron chi connectivity index (χ3n) is 5.50. The third-order valence-corrected chi connectivity index (χ3v) is 7.26. The van der Waals surface area contributed by atoms with Gasteiger partial charge in [-0.3, -0.25) is 9.10 Å². The van der Waals surface area contributed by atoms with Gasteiger partial charge < -0.3 is 4.42 Å². The number of rotatable bonds is 6. The van der Waals surface area contributed by atoms with E-state index in [0.717, 1.165) is 16.1 Å². The maximum Gasteiger partial charge on any atom is 0.232 e. The summed E-state index contributed by atoms with van der Waals surface area (Å²) in [4.78, 5) is 17.7. The number of nitrogens with zero attached hydrogens (tertiary/aromatic N) is 2. The molecule has 0 unspecified atom stereocenters. The Bertz CT molecular complexity index is 1510. The highest BCUT2D eigenvalue weighted by Crippen LogP contribution is 2.42. The molecule has 6 nitrogen and oxygen atoms in total. The smallest absolute Gasteiger partial charge is 0.232 e. The van der Waals surface area contributed by atoms with Crippen LogP contribution in [0.5, 0.6) is 0 Å². The van der Waals surface area contributed by atoms with Crippen molar-refractivity contribution in [3.8, 4) is 22.4 Å². The zero-order chi connectivity index (χ0) is 24.8. The van der Waals surface area contributed by atoms with Crippen LogP contribution in [-0.4, -0.2) is 32.5 Å². The molecule has 2 heterocycles. The van der Waals surface area contributed by atoms with E-state index < -0.39 is 15.9 Å². The van der Waals surface area contributed by atoms with Crippen LogP contribution in [0.25, 0.3) is 33.5 Å². The Labute approximate surface area is 208 Å². The average Bonchev–Trinajstić information content (AvgIpc) is 3.15. The molecule has 0 aliphatic rings. The predicted octanol–water partition coefficient (Wildman–Crippen LogP) is 6.70. The van der Waals surface area contributed by atoms with E-state index in [-0.39, 0.29) is 22.9 Å². The summed E-state index contributed by atoms with van der Waals surface area (Å²) in [7, 11) is -2.31. The number of hydrogen-bond donors (Lipinski definition) is 0. The second-order valence-electron chi connectivity index (χ2n) is 8.25. The Morgan fingerprint density at radius 3 is 2.26 bits per heavy atom. The Morgan fingerprint density at radius 2 is 1.68 bits per heavy atom. The SMILES string of the molecule is CC(C)C(=O)c1oc2nc(-c3ccccc3Cl)c(-c3ccc(Cl)cc3)cc2c1N(C)S(C)(=O)=O. The van der Waals surface area contributed by atoms with Crippen LogP contribution in [0.4, 0.5) is 5.69 Å². The van der Waals surface area contributed by atoms with Crippen molar-refractivity contribution in [2.75, 3.05) is 17.6 Å². The van der Waals surface area contributed by atoms with E-state index in [0.29, 0.717) is 32.3 Å². The van der Waals surface area contributed by atoms with E-state index in [2.05, 4.69) is 0 Å². The number of ketones is 1. The van der Waals surface area contributed by atoms with Crippen molar-refractivity contribution in [1.29, 1.82) is 0 Å². The molecular formula is C25H22Cl2N2O4S. The number of pyridine rings is 1. The molecule has 0 aliphatic heterocycles. The molecule has 2 aromatic heterocycles. The van der Waals surface area contributed by atoms with Gasteiger partial charge in [-0.25, -0.2) is 13.4 Å². The Hall–Kier alpha value is -2.87. The van der Waals surface area contributed by atoms with Crippen LogP contribution < -0.4 is 4.31 Å². The topological polar surface area (TPSA) is 80.5 Å². The van der Waals surface area contributed by atoms with Crippen molar-refractivity contribution in [2.45, 2.75) is 13.8 Å². The molecule has 0 N–H and O–H groups in total. The summed E-state index contributed by atoms with van der Waals surface area (Å²) in [6.45, 7) is 3.45. The van der Waals surface area contributed by atoms with Crippen molar-refractivity contribution in [3.63, 3.8) is 0 Å². The number of carbonyl (C=O) groups excluding carboxylic acids is 1. The number of carbonyl (C=O) groups is 1. The minimum atomic E-state index is -3.70. The standard InChI is InChI=1S/C25H22Cl2N2O4S/c1-14(2)23(30)24-22(29(3)34(4,31)32)19-13-18(15-9-11-16(26)12-10-15)21(28-25(19)33-24)17-7-5-6-8-20(17)27/h5-14H,1-4H3. The number of fused-ring (bicyclic) bond motifs is 1. The molecule has 0 atom stereocenters. The van der Waals surface area contributed by atoms with E-state index in [1.807, 2.05) is 30.3 Å². The van der Waals surface area contributed by atoms with Gasteiger partial charge in [-0.05, 0) is 29.8 Å². The Balaban J connectivity index is 2.13. The number of sulfonamides is 1. The molecule has 0 amide bonds. The van der Waals surface area contributed by atoms with Gasteiger partial charge in [-0.2, -0.15) is 0 Å². The second-order valence-corrected chi connectivity index (χ2v) is 11.1. The lowest BCUT2D eigenvalue weighted by Crippen LogP contribution is -2.26. The van der Waals surface area contributed by atoms with Crippen LogP contribution in [-0.2, 0) is 10.0 Å². The highest BCUT2D eigenvalue weighted by molar-refractivity contribution is 7.92. The molecule has 2 aromatic carbocycles. The van der Waals surface area contributed by atoms with Crippen molar-refractivity contribution in [3.05, 3.63) is 70.4 Å². The second kappa shape index (κ2) is 9.06. The molecule has 4 aromatic rings. The van der Waals surface area contributed by atoms with Crippen LogP contribution >= 0.6 is 23.2 Å². The number of Topliss-reactive ketones (excluding diaryl/α,β-unsaturated/α-hetero) is 1. The minimum absolute atomic E-state index is 0.0520. The van der Waals surface area contributed by atoms with Gasteiger partial charge in [0.15, 0.2) is 5.76 Å². The van der Waals surface area contributed by atoms with Crippen molar-refractivity contribution < 1.29 is 17.6 Å². The summed E-state index contributed by atoms with van der Waals surface area (Å²) in [6.07, 6.45) is 1.07. The van der Waals surface area contributed by atoms with E-state index in [1.54, 1.807) is 38.1 Å². The molecule has 0 saturated carbocycles. The summed E-state index contributed by atoms with van der Waals surface area (Å²) >= 11 is 12.6. The first-order valence-corrected chi connectivity index (χ1v) is 13.1. The van der Waals surface area contributed by atoms with Crippen LogP contribution in [0.15, 0.2) is 59.0 Å². The maximum atomic E-state index is 13.0. The van der Waals surface area contributed by atoms with Gasteiger partial charge in [0.1, 0.15) is 5.69 Å². The summed E-state index contributed by atoms with van der Waals surface area (Å²) in [6, 6.07) is 16.2. The number of hydrogen-bond acceptors (Lipinski definition) is 5. The quantitative estimate of drug-likeness (QED) is 0.266. The molecule has 0 aliphatic carbocycles. The zero-order valence-electron chi connectivity index (χ0n) is 19.0. The fourth-order valence-electron chi connectivity index (χ4n) is 3.63. The molecular weight excluding hydrogens is 495 g/mol. The van der Waals surface area contributed by atoms with E-state index in [1.165, 1.54) is 7.05 Å². The first-order valence-electron chi connectivity index (χ1n) is 10.5. The van der Waals surface area contributed by atoms with Gasteiger partial charge in [0, 0.05) is 34.1 Å². The van der Waals surface area contributed by atoms with Crippen LogP contribution in [0.1, 0.15) is 24.4 Å². The van der Waals surface area contributed by atoms with E-state index >= 15 is 0 Å². The number of halogens is 2. The first kappa shape index (κ1) is 24.3. The summed E-state index contributed by atoms with van der Waals surface area (Å²) in [5.74, 6) is -0.786. The summed E-state index contributed by atoms with van der Waals surface area (Å²) in [5.41, 5.74) is 2.98. The van der Waals surface area contributed by atoms with Crippen LogP contribution in [0.3, 0.4) is 0 Å². The van der Waals surface area contributed by atoms with Gasteiger partial charge >= 0.3 is 0 Å². The predicted molar refractivity (Wildman–Crippen MR) is 137 cm³/mol. The lowest BCUT2D eigenvalue weighted by atomic mass is 9.97. The molecule has 9 heteroatoms. The van der Waals surface area contributed by atoms with Gasteiger partial charge in [-0.1, -0.05) is 67.4 Å². The van der Waals surface area contributed by atoms with Crippen molar-refractivity contribution in [2.24, 2.45) is 5.92 Å². The molecule has 4 rings (SSSR count). The molecule has 0 radical (unpaired) electrons. The average molecular weight is 517 g/mol. The molecule has 0 fully saturated rings. The number of benzene rings is 2. The normalized spacial score (nSPS) is 11.9. The Kier molecular flexibility index (Phi) is 6.46. The van der Waals surface area contributed by atoms with Gasteiger partial charge in [0.25, 0.3) is 0 Å². The highest BCUT2D eigenvalue weighted by atomic mass is 35.5. The number of aromatic nitrogens is 1. The third kappa shape index (κ3) is 4.43. The van der Waals surface area contributed by atoms with E-state index in [4.69, 9.17) is 32.6 Å². The molecule has 0 saturated heterocycles. The lowest BCUT2D eigenvalue weighted by molar-refractivity contribution is 0.0914. The largest absolute Gasteiger partial charge is 0.432 e. The lowest BCUT2D eigenvalue weighted by Gasteiger charge is -2.17. The first-order chi connectivity index (χ1) is 16.0. The highest BCUT2D eigenvalue weighted by Gasteiger charge is 2.30. The van der Waals surface area contributed by atoms with Crippen molar-refractivity contribution in [1.82, 2.24) is 4.98 Å². The summed E-state index contributed by atoms with van der Waals surface area (Å²) < 4.78 is 31.9. The monoisotopic (exact) mass is 516 g/mol. The van der Waals surface area contributed by atoms with Gasteiger partial charge in [0.05, 0.1) is 17.3 Å². The van der Waals surface area contributed by atoms with Crippen LogP contribution in [0, 0.1) is 5.92 Å². The fraction of sp³-hybridized carbons (Fsp3) is 0.200. The van der Waals surface area contributed by atoms with Gasteiger partial charge in [-0.15, -0.1) is 0 Å².